The van der Waals surface area contributed by atoms with Crippen LogP contribution in [0.4, 0.5) is 0 Å². The zero-order valence-corrected chi connectivity index (χ0v) is 43.7. The van der Waals surface area contributed by atoms with Gasteiger partial charge in [0.05, 0.1) is 24.9 Å². The van der Waals surface area contributed by atoms with Crippen molar-refractivity contribution in [2.24, 2.45) is 0 Å². The van der Waals surface area contributed by atoms with Gasteiger partial charge in [-0.2, -0.15) is 0 Å². The third kappa shape index (κ3) is 8.35. The van der Waals surface area contributed by atoms with Crippen molar-refractivity contribution >= 4 is 62.4 Å². The number of pyridine rings is 1. The fraction of sp³-hybridized carbons (Fsp3) is 0.213. The standard InChI is InChI=1S/C46H42N3Si.C15H16N.Ir/c1-28(2)36-24-31(30-20-22-33(23-21-30)50(5,6)7)25-37(29(3)4)44(36)49-43-19-13-10-16-40(43)47-46(49)32-26-38-34-14-8-11-17-41(34)48-42-18-12-9-15-35(42)39(27-32)45(38)48;1-15(2,3)13-9-10-16-14(11-13)12-7-5-4-6-8-12;/h8-26,28-29H,1-7H3;4-7,9-11H,1-3H3;/q2*-1;. The molecule has 0 aliphatic heterocycles. The zero-order valence-electron chi connectivity index (χ0n) is 40.3. The summed E-state index contributed by atoms with van der Waals surface area (Å²) in [4.78, 5) is 9.81. The van der Waals surface area contributed by atoms with E-state index in [2.05, 4.69) is 222 Å². The Labute approximate surface area is 410 Å². The van der Waals surface area contributed by atoms with Crippen molar-refractivity contribution in [3.05, 3.63) is 187 Å². The van der Waals surface area contributed by atoms with Gasteiger partial charge in [-0.1, -0.05) is 174 Å². The molecular formula is C61H58IrN4Si-2. The molecule has 4 heterocycles. The minimum atomic E-state index is -1.39. The summed E-state index contributed by atoms with van der Waals surface area (Å²) in [6.45, 7) is 23.2. The number of rotatable bonds is 7. The van der Waals surface area contributed by atoms with Crippen LogP contribution in [-0.2, 0) is 25.5 Å². The van der Waals surface area contributed by atoms with E-state index in [0.717, 1.165) is 39.1 Å². The molecule has 11 aromatic rings. The number of aromatic nitrogens is 4. The van der Waals surface area contributed by atoms with E-state index in [1.165, 1.54) is 71.4 Å². The van der Waals surface area contributed by atoms with Crippen molar-refractivity contribution in [1.29, 1.82) is 0 Å². The Kier molecular flexibility index (Phi) is 12.2. The Balaban J connectivity index is 0.000000281. The number of benzene rings is 7. The van der Waals surface area contributed by atoms with Crippen LogP contribution < -0.4 is 5.19 Å². The first-order valence-electron chi connectivity index (χ1n) is 23.5. The molecular weight excluding hydrogens is 1010 g/mol. The molecule has 0 fully saturated rings. The summed E-state index contributed by atoms with van der Waals surface area (Å²) in [5.74, 6) is 1.53. The average Bonchev–Trinajstić information content (AvgIpc) is 3.98. The molecule has 0 bridgehead atoms. The number of hydrogen-bond donors (Lipinski definition) is 0. The van der Waals surface area contributed by atoms with Crippen LogP contribution in [0.15, 0.2) is 158 Å². The van der Waals surface area contributed by atoms with E-state index >= 15 is 0 Å². The number of imidazole rings is 1. The van der Waals surface area contributed by atoms with Gasteiger partial charge in [0.15, 0.2) is 0 Å². The van der Waals surface area contributed by atoms with Gasteiger partial charge in [-0.3, -0.25) is 4.98 Å². The van der Waals surface area contributed by atoms with Gasteiger partial charge in [0.1, 0.15) is 0 Å². The van der Waals surface area contributed by atoms with E-state index < -0.39 is 8.07 Å². The van der Waals surface area contributed by atoms with E-state index in [-0.39, 0.29) is 25.5 Å². The first-order chi connectivity index (χ1) is 31.7. The second-order valence-electron chi connectivity index (χ2n) is 20.5. The summed E-state index contributed by atoms with van der Waals surface area (Å²) in [6, 6.07) is 62.0. The molecule has 4 nitrogen and oxygen atoms in total. The maximum Gasteiger partial charge on any atom is 0.0798 e. The monoisotopic (exact) mass is 1070 g/mol. The average molecular weight is 1070 g/mol. The minimum absolute atomic E-state index is 0. The maximum atomic E-state index is 5.42. The molecule has 0 saturated carbocycles. The van der Waals surface area contributed by atoms with Gasteiger partial charge in [-0.25, -0.2) is 0 Å². The molecule has 0 spiro atoms. The fourth-order valence-corrected chi connectivity index (χ4v) is 10.8. The van der Waals surface area contributed by atoms with Crippen molar-refractivity contribution in [3.8, 4) is 39.5 Å². The summed E-state index contributed by atoms with van der Waals surface area (Å²) < 4.78 is 4.86. The third-order valence-electron chi connectivity index (χ3n) is 13.2. The van der Waals surface area contributed by atoms with Gasteiger partial charge in [0, 0.05) is 43.0 Å². The first-order valence-corrected chi connectivity index (χ1v) is 27.0. The van der Waals surface area contributed by atoms with Crippen molar-refractivity contribution in [2.45, 2.75) is 85.4 Å². The third-order valence-corrected chi connectivity index (χ3v) is 15.3. The molecule has 1 radical (unpaired) electrons. The SMILES string of the molecule is CC(C)(C)c1ccnc(-c2[c-]cccc2)c1.CC(C)c1cc(-c2ccc([Si](C)(C)C)cc2)cc(C(C)C)c1-n1c(-c2[c-]c3c4ccccc4n4c5ccccc5c(c2)c34)nc2ccccc21.[Ir]. The molecule has 0 atom stereocenters. The van der Waals surface area contributed by atoms with Gasteiger partial charge >= 0.3 is 0 Å². The van der Waals surface area contributed by atoms with Gasteiger partial charge in [-0.15, -0.1) is 48.0 Å². The number of para-hydroxylation sites is 4. The quantitative estimate of drug-likeness (QED) is 0.118. The topological polar surface area (TPSA) is 35.1 Å². The molecule has 0 aliphatic carbocycles. The minimum Gasteiger partial charge on any atom is -0.348 e. The van der Waals surface area contributed by atoms with Crippen LogP contribution in [0.1, 0.15) is 77.0 Å². The van der Waals surface area contributed by atoms with Gasteiger partial charge in [-0.05, 0) is 104 Å². The van der Waals surface area contributed by atoms with Crippen molar-refractivity contribution in [2.75, 3.05) is 0 Å². The first kappa shape index (κ1) is 46.0. The number of nitrogens with zero attached hydrogens (tertiary/aromatic N) is 4. The van der Waals surface area contributed by atoms with E-state index in [1.807, 2.05) is 30.5 Å². The van der Waals surface area contributed by atoms with Crippen LogP contribution in [0.3, 0.4) is 0 Å². The van der Waals surface area contributed by atoms with Crippen LogP contribution in [0.5, 0.6) is 0 Å². The molecule has 11 rings (SSSR count). The van der Waals surface area contributed by atoms with E-state index in [0.29, 0.717) is 11.8 Å². The molecule has 0 saturated heterocycles. The van der Waals surface area contributed by atoms with Crippen molar-refractivity contribution < 1.29 is 20.1 Å². The summed E-state index contributed by atoms with van der Waals surface area (Å²) in [5, 5.41) is 6.35. The molecule has 6 heteroatoms. The predicted octanol–water partition coefficient (Wildman–Crippen LogP) is 15.9. The van der Waals surface area contributed by atoms with E-state index in [4.69, 9.17) is 4.98 Å². The molecule has 0 aliphatic rings. The Morgan fingerprint density at radius 2 is 1.21 bits per heavy atom. The molecule has 0 N–H and O–H groups in total. The Morgan fingerprint density at radius 3 is 1.84 bits per heavy atom. The number of hydrogen-bond acceptors (Lipinski definition) is 2. The van der Waals surface area contributed by atoms with Gasteiger partial charge < -0.3 is 14.0 Å². The maximum absolute atomic E-state index is 5.42. The van der Waals surface area contributed by atoms with Crippen LogP contribution in [-0.4, -0.2) is 27.0 Å². The molecule has 337 valence electrons. The normalized spacial score (nSPS) is 12.2. The van der Waals surface area contributed by atoms with Crippen LogP contribution in [0.2, 0.25) is 19.6 Å². The summed E-state index contributed by atoms with van der Waals surface area (Å²) in [6.07, 6.45) is 1.87. The molecule has 0 unspecified atom stereocenters. The predicted molar refractivity (Wildman–Crippen MR) is 284 cm³/mol. The second-order valence-corrected chi connectivity index (χ2v) is 25.6. The number of fused-ring (bicyclic) bond motifs is 7. The summed E-state index contributed by atoms with van der Waals surface area (Å²) in [7, 11) is -1.39. The second kappa shape index (κ2) is 17.8. The van der Waals surface area contributed by atoms with Crippen molar-refractivity contribution in [1.82, 2.24) is 18.9 Å². The van der Waals surface area contributed by atoms with E-state index in [1.54, 1.807) is 0 Å². The van der Waals surface area contributed by atoms with Crippen LogP contribution >= 0.6 is 0 Å². The van der Waals surface area contributed by atoms with Crippen LogP contribution in [0, 0.1) is 12.1 Å². The zero-order chi connectivity index (χ0) is 46.1. The molecule has 7 aromatic carbocycles. The van der Waals surface area contributed by atoms with Crippen molar-refractivity contribution in [3.63, 3.8) is 0 Å². The smallest absolute Gasteiger partial charge is 0.0798 e. The molecule has 0 amide bonds. The Morgan fingerprint density at radius 1 is 0.597 bits per heavy atom. The fourth-order valence-electron chi connectivity index (χ4n) is 9.66. The van der Waals surface area contributed by atoms with E-state index in [9.17, 15) is 0 Å². The van der Waals surface area contributed by atoms with Gasteiger partial charge in [0.2, 0.25) is 0 Å². The largest absolute Gasteiger partial charge is 0.348 e. The Hall–Kier alpha value is -6.17. The van der Waals surface area contributed by atoms with Crippen LogP contribution in [0.25, 0.3) is 88.6 Å². The van der Waals surface area contributed by atoms with Gasteiger partial charge in [0.25, 0.3) is 0 Å². The summed E-state index contributed by atoms with van der Waals surface area (Å²) >= 11 is 0. The molecule has 4 aromatic heterocycles. The Bertz CT molecular complexity index is 3440. The summed E-state index contributed by atoms with van der Waals surface area (Å²) in [5.41, 5.74) is 16.8. The molecule has 67 heavy (non-hydrogen) atoms.